The van der Waals surface area contributed by atoms with E-state index in [1.54, 1.807) is 12.2 Å². The SMILES string of the molecule is Cc1nn(Cc2cccc3ccccc23)c(C)c1NC(=O)C=Cc1ccccc1. The van der Waals surface area contributed by atoms with Gasteiger partial charge in [-0.3, -0.25) is 9.48 Å². The first-order valence-corrected chi connectivity index (χ1v) is 9.66. The van der Waals surface area contributed by atoms with Crippen molar-refractivity contribution in [2.24, 2.45) is 0 Å². The molecule has 0 radical (unpaired) electrons. The monoisotopic (exact) mass is 381 g/mol. The van der Waals surface area contributed by atoms with Crippen molar-refractivity contribution in [2.75, 3.05) is 5.32 Å². The molecule has 144 valence electrons. The molecule has 1 aromatic heterocycles. The zero-order valence-electron chi connectivity index (χ0n) is 16.6. The number of nitrogens with zero attached hydrogens (tertiary/aromatic N) is 2. The first kappa shape index (κ1) is 18.7. The van der Waals surface area contributed by atoms with Gasteiger partial charge < -0.3 is 5.32 Å². The normalized spacial score (nSPS) is 11.2. The first-order valence-electron chi connectivity index (χ1n) is 9.66. The summed E-state index contributed by atoms with van der Waals surface area (Å²) >= 11 is 0. The highest BCUT2D eigenvalue weighted by Gasteiger charge is 2.14. The number of aryl methyl sites for hydroxylation is 1. The fraction of sp³-hybridized carbons (Fsp3) is 0.120. The zero-order chi connectivity index (χ0) is 20.2. The van der Waals surface area contributed by atoms with Crippen molar-refractivity contribution >= 4 is 28.4 Å². The Morgan fingerprint density at radius 3 is 2.52 bits per heavy atom. The maximum absolute atomic E-state index is 12.4. The minimum Gasteiger partial charge on any atom is -0.319 e. The summed E-state index contributed by atoms with van der Waals surface area (Å²) in [7, 11) is 0. The standard InChI is InChI=1S/C25H23N3O/c1-18-25(26-24(29)16-15-20-9-4-3-5-10-20)19(2)28(27-18)17-22-13-8-12-21-11-6-7-14-23(21)22/h3-16H,17H2,1-2H3,(H,26,29). The fourth-order valence-electron chi connectivity index (χ4n) is 3.52. The number of carbonyl (C=O) groups excluding carboxylic acids is 1. The molecule has 0 aliphatic heterocycles. The van der Waals surface area contributed by atoms with Crippen molar-refractivity contribution in [3.63, 3.8) is 0 Å². The number of amides is 1. The predicted octanol–water partition coefficient (Wildman–Crippen LogP) is 5.35. The van der Waals surface area contributed by atoms with E-state index in [-0.39, 0.29) is 5.91 Å². The van der Waals surface area contributed by atoms with Gasteiger partial charge in [0.05, 0.1) is 23.6 Å². The van der Waals surface area contributed by atoms with Crippen LogP contribution in [0.2, 0.25) is 0 Å². The van der Waals surface area contributed by atoms with E-state index in [1.807, 2.05) is 54.9 Å². The van der Waals surface area contributed by atoms with E-state index in [0.717, 1.165) is 22.6 Å². The van der Waals surface area contributed by atoms with Crippen molar-refractivity contribution in [3.8, 4) is 0 Å². The Hall–Kier alpha value is -3.66. The molecule has 0 unspecified atom stereocenters. The van der Waals surface area contributed by atoms with Crippen LogP contribution in [0, 0.1) is 13.8 Å². The lowest BCUT2D eigenvalue weighted by Crippen LogP contribution is -2.10. The van der Waals surface area contributed by atoms with Gasteiger partial charge in [0.15, 0.2) is 0 Å². The lowest BCUT2D eigenvalue weighted by atomic mass is 10.0. The molecule has 4 nitrogen and oxygen atoms in total. The number of hydrogen-bond acceptors (Lipinski definition) is 2. The third-order valence-electron chi connectivity index (χ3n) is 5.06. The number of rotatable bonds is 5. The first-order chi connectivity index (χ1) is 14.1. The van der Waals surface area contributed by atoms with Crippen LogP contribution in [-0.4, -0.2) is 15.7 Å². The van der Waals surface area contributed by atoms with E-state index in [0.29, 0.717) is 6.54 Å². The van der Waals surface area contributed by atoms with Gasteiger partial charge in [0.1, 0.15) is 0 Å². The van der Waals surface area contributed by atoms with Crippen LogP contribution < -0.4 is 5.32 Å². The third kappa shape index (κ3) is 4.11. The average molecular weight is 381 g/mol. The van der Waals surface area contributed by atoms with Crippen LogP contribution in [0.1, 0.15) is 22.5 Å². The van der Waals surface area contributed by atoms with E-state index < -0.39 is 0 Å². The molecule has 3 aromatic carbocycles. The van der Waals surface area contributed by atoms with Gasteiger partial charge in [0.2, 0.25) is 5.91 Å². The molecular weight excluding hydrogens is 358 g/mol. The molecule has 0 fully saturated rings. The second-order valence-electron chi connectivity index (χ2n) is 7.08. The molecule has 29 heavy (non-hydrogen) atoms. The van der Waals surface area contributed by atoms with Gasteiger partial charge in [-0.15, -0.1) is 0 Å². The minimum atomic E-state index is -0.162. The summed E-state index contributed by atoms with van der Waals surface area (Å²) in [5.74, 6) is -0.162. The van der Waals surface area contributed by atoms with Gasteiger partial charge >= 0.3 is 0 Å². The van der Waals surface area contributed by atoms with Crippen molar-refractivity contribution in [1.29, 1.82) is 0 Å². The summed E-state index contributed by atoms with van der Waals surface area (Å²) in [5.41, 5.74) is 4.72. The number of nitrogens with one attached hydrogen (secondary N) is 1. The molecule has 0 bridgehead atoms. The highest BCUT2D eigenvalue weighted by Crippen LogP contribution is 2.23. The lowest BCUT2D eigenvalue weighted by molar-refractivity contribution is -0.111. The number of carbonyl (C=O) groups is 1. The highest BCUT2D eigenvalue weighted by molar-refractivity contribution is 6.02. The van der Waals surface area contributed by atoms with Crippen LogP contribution in [0.4, 0.5) is 5.69 Å². The maximum atomic E-state index is 12.4. The Labute approximate surface area is 170 Å². The Balaban J connectivity index is 1.55. The van der Waals surface area contributed by atoms with Crippen molar-refractivity contribution in [3.05, 3.63) is 101 Å². The number of hydrogen-bond donors (Lipinski definition) is 1. The number of aromatic nitrogens is 2. The van der Waals surface area contributed by atoms with Crippen molar-refractivity contribution < 1.29 is 4.79 Å². The van der Waals surface area contributed by atoms with Crippen LogP contribution in [0.25, 0.3) is 16.8 Å². The van der Waals surface area contributed by atoms with E-state index in [9.17, 15) is 4.79 Å². The second-order valence-corrected chi connectivity index (χ2v) is 7.08. The molecule has 4 aromatic rings. The molecule has 0 saturated carbocycles. The van der Waals surface area contributed by atoms with E-state index >= 15 is 0 Å². The summed E-state index contributed by atoms with van der Waals surface area (Å²) in [4.78, 5) is 12.4. The molecule has 0 aliphatic carbocycles. The van der Waals surface area contributed by atoms with Crippen LogP contribution in [0.3, 0.4) is 0 Å². The molecule has 0 atom stereocenters. The number of benzene rings is 3. The van der Waals surface area contributed by atoms with Gasteiger partial charge in [-0.2, -0.15) is 5.10 Å². The molecule has 4 rings (SSSR count). The summed E-state index contributed by atoms with van der Waals surface area (Å²) < 4.78 is 1.95. The summed E-state index contributed by atoms with van der Waals surface area (Å²) in [5, 5.41) is 10.1. The van der Waals surface area contributed by atoms with Crippen LogP contribution in [-0.2, 0) is 11.3 Å². The molecule has 1 N–H and O–H groups in total. The van der Waals surface area contributed by atoms with Gasteiger partial charge in [-0.25, -0.2) is 0 Å². The molecular formula is C25H23N3O. The van der Waals surface area contributed by atoms with Gasteiger partial charge in [-0.05, 0) is 41.8 Å². The van der Waals surface area contributed by atoms with Gasteiger partial charge in [-0.1, -0.05) is 72.8 Å². The molecule has 1 heterocycles. The zero-order valence-corrected chi connectivity index (χ0v) is 16.6. The van der Waals surface area contributed by atoms with Crippen LogP contribution in [0.15, 0.2) is 78.9 Å². The van der Waals surface area contributed by atoms with Crippen molar-refractivity contribution in [2.45, 2.75) is 20.4 Å². The largest absolute Gasteiger partial charge is 0.319 e. The molecule has 0 aliphatic rings. The van der Waals surface area contributed by atoms with E-state index in [1.165, 1.54) is 16.3 Å². The molecule has 4 heteroatoms. The number of fused-ring (bicyclic) bond motifs is 1. The minimum absolute atomic E-state index is 0.162. The Morgan fingerprint density at radius 2 is 1.69 bits per heavy atom. The molecule has 0 spiro atoms. The quantitative estimate of drug-likeness (QED) is 0.474. The van der Waals surface area contributed by atoms with E-state index in [2.05, 4.69) is 46.8 Å². The summed E-state index contributed by atoms with van der Waals surface area (Å²) in [6, 6.07) is 24.4. The maximum Gasteiger partial charge on any atom is 0.248 e. The van der Waals surface area contributed by atoms with Crippen LogP contribution >= 0.6 is 0 Å². The Bertz CT molecular complexity index is 1180. The van der Waals surface area contributed by atoms with Crippen molar-refractivity contribution in [1.82, 2.24) is 9.78 Å². The topological polar surface area (TPSA) is 46.9 Å². The summed E-state index contributed by atoms with van der Waals surface area (Å²) in [6.45, 7) is 4.56. The average Bonchev–Trinajstić information content (AvgIpc) is 3.01. The highest BCUT2D eigenvalue weighted by atomic mass is 16.1. The molecule has 1 amide bonds. The molecule has 0 saturated heterocycles. The smallest absolute Gasteiger partial charge is 0.248 e. The lowest BCUT2D eigenvalue weighted by Gasteiger charge is -2.09. The third-order valence-corrected chi connectivity index (χ3v) is 5.06. The fourth-order valence-corrected chi connectivity index (χ4v) is 3.52. The van der Waals surface area contributed by atoms with E-state index in [4.69, 9.17) is 0 Å². The van der Waals surface area contributed by atoms with Crippen LogP contribution in [0.5, 0.6) is 0 Å². The predicted molar refractivity (Wildman–Crippen MR) is 119 cm³/mol. The van der Waals surface area contributed by atoms with Gasteiger partial charge in [0.25, 0.3) is 0 Å². The Kier molecular flexibility index (Phi) is 5.25. The summed E-state index contributed by atoms with van der Waals surface area (Å²) in [6.07, 6.45) is 3.36. The van der Waals surface area contributed by atoms with Gasteiger partial charge in [0, 0.05) is 6.08 Å². The number of anilines is 1. The second kappa shape index (κ2) is 8.15. The Morgan fingerprint density at radius 1 is 0.966 bits per heavy atom.